The Morgan fingerprint density at radius 1 is 1.29 bits per heavy atom. The first-order chi connectivity index (χ1) is 9.97. The van der Waals surface area contributed by atoms with E-state index in [2.05, 4.69) is 10.3 Å². The van der Waals surface area contributed by atoms with Crippen LogP contribution in [0.15, 0.2) is 24.5 Å². The van der Waals surface area contributed by atoms with Gasteiger partial charge in [-0.15, -0.1) is 0 Å². The third-order valence-corrected chi connectivity index (χ3v) is 4.43. The maximum Gasteiger partial charge on any atom is 0.246 e. The van der Waals surface area contributed by atoms with E-state index in [9.17, 15) is 9.59 Å². The van der Waals surface area contributed by atoms with Gasteiger partial charge in [0.05, 0.1) is 6.04 Å². The highest BCUT2D eigenvalue weighted by Gasteiger charge is 2.42. The molecular formula is C16H23N3O2. The molecule has 1 aliphatic heterocycles. The molecule has 5 heteroatoms. The Morgan fingerprint density at radius 3 is 2.48 bits per heavy atom. The minimum absolute atomic E-state index is 0.000706. The molecule has 4 atom stereocenters. The lowest BCUT2D eigenvalue weighted by atomic mass is 9.92. The predicted molar refractivity (Wildman–Crippen MR) is 80.3 cm³/mol. The van der Waals surface area contributed by atoms with Crippen LogP contribution in [0.2, 0.25) is 0 Å². The van der Waals surface area contributed by atoms with Gasteiger partial charge in [0.25, 0.3) is 0 Å². The zero-order valence-corrected chi connectivity index (χ0v) is 13.0. The first-order valence-electron chi connectivity index (χ1n) is 7.49. The maximum atomic E-state index is 12.8. The van der Waals surface area contributed by atoms with Crippen molar-refractivity contribution in [2.75, 3.05) is 0 Å². The van der Waals surface area contributed by atoms with E-state index < -0.39 is 12.1 Å². The van der Waals surface area contributed by atoms with Crippen molar-refractivity contribution in [3.63, 3.8) is 0 Å². The lowest BCUT2D eigenvalue weighted by Gasteiger charge is -2.42. The third-order valence-electron chi connectivity index (χ3n) is 4.43. The van der Waals surface area contributed by atoms with Gasteiger partial charge in [-0.2, -0.15) is 0 Å². The van der Waals surface area contributed by atoms with Crippen LogP contribution in [0.5, 0.6) is 0 Å². The van der Waals surface area contributed by atoms with Crippen molar-refractivity contribution < 1.29 is 9.59 Å². The fourth-order valence-electron chi connectivity index (χ4n) is 2.76. The zero-order chi connectivity index (χ0) is 15.6. The Kier molecular flexibility index (Phi) is 4.60. The van der Waals surface area contributed by atoms with Crippen molar-refractivity contribution in [3.8, 4) is 0 Å². The summed E-state index contributed by atoms with van der Waals surface area (Å²) >= 11 is 0. The van der Waals surface area contributed by atoms with Gasteiger partial charge in [-0.05, 0) is 37.5 Å². The molecule has 4 unspecified atom stereocenters. The third kappa shape index (κ3) is 2.91. The van der Waals surface area contributed by atoms with Crippen molar-refractivity contribution in [1.29, 1.82) is 0 Å². The molecule has 0 bridgehead atoms. The normalized spacial score (nSPS) is 25.4. The fourth-order valence-corrected chi connectivity index (χ4v) is 2.76. The van der Waals surface area contributed by atoms with Crippen LogP contribution >= 0.6 is 0 Å². The SMILES string of the molecule is CCC(C)C1NC(=O)C(C)N(C(C)c2ccncc2)C1=O. The number of hydrogen-bond donors (Lipinski definition) is 1. The van der Waals surface area contributed by atoms with Crippen molar-refractivity contribution in [2.24, 2.45) is 5.92 Å². The standard InChI is InChI=1S/C16H23N3O2/c1-5-10(2)14-16(21)19(12(4)15(20)18-14)11(3)13-6-8-17-9-7-13/h6-12,14H,5H2,1-4H3,(H,18,20). The summed E-state index contributed by atoms with van der Waals surface area (Å²) < 4.78 is 0. The van der Waals surface area contributed by atoms with Gasteiger partial charge in [-0.3, -0.25) is 14.6 Å². The summed E-state index contributed by atoms with van der Waals surface area (Å²) in [5, 5.41) is 2.86. The highest BCUT2D eigenvalue weighted by Crippen LogP contribution is 2.27. The van der Waals surface area contributed by atoms with Crippen LogP contribution in [-0.4, -0.2) is 33.8 Å². The van der Waals surface area contributed by atoms with Gasteiger partial charge in [-0.1, -0.05) is 20.3 Å². The molecule has 2 amide bonds. The number of nitrogens with one attached hydrogen (secondary N) is 1. The number of pyridine rings is 1. The molecule has 1 aliphatic rings. The van der Waals surface area contributed by atoms with E-state index in [4.69, 9.17) is 0 Å². The number of rotatable bonds is 4. The van der Waals surface area contributed by atoms with Crippen LogP contribution in [0.4, 0.5) is 0 Å². The molecule has 0 saturated carbocycles. The highest BCUT2D eigenvalue weighted by atomic mass is 16.2. The van der Waals surface area contributed by atoms with E-state index in [0.29, 0.717) is 0 Å². The molecule has 1 aromatic heterocycles. The Bertz CT molecular complexity index is 518. The number of amides is 2. The Balaban J connectivity index is 2.30. The predicted octanol–water partition coefficient (Wildman–Crippen LogP) is 1.90. The number of hydrogen-bond acceptors (Lipinski definition) is 3. The van der Waals surface area contributed by atoms with Gasteiger partial charge in [0, 0.05) is 12.4 Å². The lowest BCUT2D eigenvalue weighted by Crippen LogP contribution is -2.64. The molecule has 1 N–H and O–H groups in total. The minimum atomic E-state index is -0.457. The molecule has 1 aromatic rings. The van der Waals surface area contributed by atoms with E-state index in [-0.39, 0.29) is 23.8 Å². The minimum Gasteiger partial charge on any atom is -0.342 e. The summed E-state index contributed by atoms with van der Waals surface area (Å²) in [5.74, 6) is 0.0441. The van der Waals surface area contributed by atoms with Gasteiger partial charge >= 0.3 is 0 Å². The quantitative estimate of drug-likeness (QED) is 0.921. The molecule has 1 fully saturated rings. The molecule has 1 saturated heterocycles. The monoisotopic (exact) mass is 289 g/mol. The largest absolute Gasteiger partial charge is 0.342 e. The van der Waals surface area contributed by atoms with Crippen LogP contribution in [0.1, 0.15) is 45.7 Å². The van der Waals surface area contributed by atoms with Crippen LogP contribution in [0, 0.1) is 5.92 Å². The van der Waals surface area contributed by atoms with E-state index >= 15 is 0 Å². The smallest absolute Gasteiger partial charge is 0.246 e. The van der Waals surface area contributed by atoms with E-state index in [0.717, 1.165) is 12.0 Å². The van der Waals surface area contributed by atoms with Gasteiger partial charge in [0.15, 0.2) is 0 Å². The molecule has 0 aromatic carbocycles. The second-order valence-corrected chi connectivity index (χ2v) is 5.75. The molecule has 5 nitrogen and oxygen atoms in total. The molecule has 2 heterocycles. The maximum absolute atomic E-state index is 12.8. The van der Waals surface area contributed by atoms with E-state index in [1.807, 2.05) is 32.9 Å². The van der Waals surface area contributed by atoms with Gasteiger partial charge in [0.2, 0.25) is 11.8 Å². The second kappa shape index (κ2) is 6.24. The van der Waals surface area contributed by atoms with Crippen molar-refractivity contribution >= 4 is 11.8 Å². The average Bonchev–Trinajstić information content (AvgIpc) is 2.51. The Hall–Kier alpha value is -1.91. The van der Waals surface area contributed by atoms with Crippen LogP contribution < -0.4 is 5.32 Å². The van der Waals surface area contributed by atoms with E-state index in [1.165, 1.54) is 0 Å². The summed E-state index contributed by atoms with van der Waals surface area (Å²) in [7, 11) is 0. The van der Waals surface area contributed by atoms with Crippen molar-refractivity contribution in [2.45, 2.75) is 52.2 Å². The topological polar surface area (TPSA) is 62.3 Å². The molecule has 21 heavy (non-hydrogen) atoms. The van der Waals surface area contributed by atoms with Gasteiger partial charge in [-0.25, -0.2) is 0 Å². The zero-order valence-electron chi connectivity index (χ0n) is 13.0. The summed E-state index contributed by atoms with van der Waals surface area (Å²) in [6, 6.07) is 2.74. The van der Waals surface area contributed by atoms with Gasteiger partial charge < -0.3 is 10.2 Å². The number of carbonyl (C=O) groups excluding carboxylic acids is 2. The summed E-state index contributed by atoms with van der Waals surface area (Å²) in [4.78, 5) is 30.7. The van der Waals surface area contributed by atoms with Crippen LogP contribution in [0.3, 0.4) is 0 Å². The Morgan fingerprint density at radius 2 is 1.90 bits per heavy atom. The first-order valence-corrected chi connectivity index (χ1v) is 7.49. The summed E-state index contributed by atoms with van der Waals surface area (Å²) in [5.41, 5.74) is 0.989. The number of carbonyl (C=O) groups is 2. The average molecular weight is 289 g/mol. The molecule has 0 aliphatic carbocycles. The van der Waals surface area contributed by atoms with Gasteiger partial charge in [0.1, 0.15) is 12.1 Å². The second-order valence-electron chi connectivity index (χ2n) is 5.75. The molecule has 2 rings (SSSR count). The summed E-state index contributed by atoms with van der Waals surface area (Å²) in [6.45, 7) is 7.75. The van der Waals surface area contributed by atoms with Crippen molar-refractivity contribution in [1.82, 2.24) is 15.2 Å². The molecule has 0 radical (unpaired) electrons. The Labute approximate surface area is 125 Å². The molecule has 0 spiro atoms. The number of aromatic nitrogens is 1. The number of piperazine rings is 1. The highest BCUT2D eigenvalue weighted by molar-refractivity contribution is 5.97. The lowest BCUT2D eigenvalue weighted by molar-refractivity contribution is -0.152. The molecular weight excluding hydrogens is 266 g/mol. The van der Waals surface area contributed by atoms with E-state index in [1.54, 1.807) is 24.2 Å². The first kappa shape index (κ1) is 15.5. The van der Waals surface area contributed by atoms with Crippen molar-refractivity contribution in [3.05, 3.63) is 30.1 Å². The fraction of sp³-hybridized carbons (Fsp3) is 0.562. The van der Waals surface area contributed by atoms with Crippen LogP contribution in [-0.2, 0) is 9.59 Å². The van der Waals surface area contributed by atoms with Crippen LogP contribution in [0.25, 0.3) is 0 Å². The molecule has 114 valence electrons. The number of nitrogens with zero attached hydrogens (tertiary/aromatic N) is 2. The summed E-state index contributed by atoms with van der Waals surface area (Å²) in [6.07, 6.45) is 4.26.